The first-order valence-corrected chi connectivity index (χ1v) is 2.88. The Labute approximate surface area is 53.7 Å². The Balaban J connectivity index is 2.39. The predicted molar refractivity (Wildman–Crippen MR) is 34.0 cm³/mol. The number of nitrogens with zero attached hydrogens (tertiary/aromatic N) is 1. The average molecular weight is 132 g/mol. The van der Waals surface area contributed by atoms with Gasteiger partial charge in [-0.05, 0) is 0 Å². The van der Waals surface area contributed by atoms with Crippen LogP contribution in [0.5, 0.6) is 0 Å². The van der Waals surface area contributed by atoms with E-state index in [0.717, 1.165) is 13.0 Å². The molecule has 1 fully saturated rings. The maximum Gasteiger partial charge on any atom is 0.294 e. The summed E-state index contributed by atoms with van der Waals surface area (Å²) in [4.78, 5) is 0. The molecule has 0 saturated carbocycles. The Morgan fingerprint density at radius 1 is 1.75 bits per heavy atom. The first kappa shape index (κ1) is 5.75. The van der Waals surface area contributed by atoms with Crippen molar-refractivity contribution < 1.29 is 4.74 Å². The Hall–Kier alpha value is -0.380. The third kappa shape index (κ3) is 1.06. The van der Waals surface area contributed by atoms with Gasteiger partial charge in [-0.1, -0.05) is 12.8 Å². The second kappa shape index (κ2) is 2.26. The lowest BCUT2D eigenvalue weighted by Crippen LogP contribution is -2.30. The Bertz CT molecular complexity index is 106. The normalized spacial score (nSPS) is 20.6. The molecule has 1 aliphatic heterocycles. The molecule has 0 aromatic heterocycles. The van der Waals surface area contributed by atoms with Gasteiger partial charge in [-0.2, -0.15) is 0 Å². The molecule has 0 bridgehead atoms. The van der Waals surface area contributed by atoms with E-state index in [-0.39, 0.29) is 6.02 Å². The summed E-state index contributed by atoms with van der Waals surface area (Å²) in [5.41, 5.74) is 0. The van der Waals surface area contributed by atoms with Gasteiger partial charge in [0.25, 0.3) is 6.02 Å². The van der Waals surface area contributed by atoms with E-state index in [2.05, 4.69) is 12.8 Å². The highest BCUT2D eigenvalue weighted by Crippen LogP contribution is 2.04. The van der Waals surface area contributed by atoms with Gasteiger partial charge in [-0.25, -0.2) is 0 Å². The summed E-state index contributed by atoms with van der Waals surface area (Å²) < 4.78 is 6.31. The van der Waals surface area contributed by atoms with Crippen LogP contribution in [0, 0.1) is 5.41 Å². The SMILES string of the molecule is N=C1OCCCN1S. The van der Waals surface area contributed by atoms with E-state index in [1.165, 1.54) is 4.31 Å². The number of ether oxygens (including phenoxy) is 1. The second-order valence-electron chi connectivity index (χ2n) is 1.63. The summed E-state index contributed by atoms with van der Waals surface area (Å²) in [6.07, 6.45) is 0.964. The van der Waals surface area contributed by atoms with Crippen molar-refractivity contribution in [2.75, 3.05) is 13.2 Å². The number of amidine groups is 1. The van der Waals surface area contributed by atoms with Crippen LogP contribution < -0.4 is 0 Å². The Kier molecular flexibility index (Phi) is 1.62. The lowest BCUT2D eigenvalue weighted by molar-refractivity contribution is 0.221. The molecule has 1 saturated heterocycles. The molecule has 0 aromatic carbocycles. The van der Waals surface area contributed by atoms with Crippen LogP contribution in [0.4, 0.5) is 0 Å². The van der Waals surface area contributed by atoms with Crippen LogP contribution in [-0.2, 0) is 4.74 Å². The van der Waals surface area contributed by atoms with Crippen molar-refractivity contribution in [2.24, 2.45) is 0 Å². The van der Waals surface area contributed by atoms with Crippen molar-refractivity contribution in [3.05, 3.63) is 0 Å². The fourth-order valence-corrected chi connectivity index (χ4v) is 0.758. The van der Waals surface area contributed by atoms with E-state index in [0.29, 0.717) is 6.61 Å². The molecular weight excluding hydrogens is 124 g/mol. The molecular formula is C4H8N2OS. The van der Waals surface area contributed by atoms with Crippen LogP contribution in [0.15, 0.2) is 0 Å². The molecule has 46 valence electrons. The fraction of sp³-hybridized carbons (Fsp3) is 0.750. The maximum atomic E-state index is 7.02. The van der Waals surface area contributed by atoms with Crippen LogP contribution in [0.3, 0.4) is 0 Å². The van der Waals surface area contributed by atoms with Crippen LogP contribution in [0.2, 0.25) is 0 Å². The molecule has 0 atom stereocenters. The van der Waals surface area contributed by atoms with Gasteiger partial charge in [-0.15, -0.1) is 0 Å². The van der Waals surface area contributed by atoms with E-state index >= 15 is 0 Å². The van der Waals surface area contributed by atoms with Crippen molar-refractivity contribution in [3.8, 4) is 0 Å². The van der Waals surface area contributed by atoms with Crippen LogP contribution in [0.1, 0.15) is 6.42 Å². The van der Waals surface area contributed by atoms with Gasteiger partial charge in [0, 0.05) is 13.0 Å². The zero-order valence-corrected chi connectivity index (χ0v) is 5.32. The van der Waals surface area contributed by atoms with Gasteiger partial charge in [-0.3, -0.25) is 9.71 Å². The summed E-state index contributed by atoms with van der Waals surface area (Å²) in [6.45, 7) is 1.48. The van der Waals surface area contributed by atoms with Crippen molar-refractivity contribution >= 4 is 18.8 Å². The smallest absolute Gasteiger partial charge is 0.294 e. The molecule has 1 aliphatic rings. The molecule has 0 aromatic rings. The minimum absolute atomic E-state index is 0.166. The molecule has 0 spiro atoms. The third-order valence-electron chi connectivity index (χ3n) is 0.987. The second-order valence-corrected chi connectivity index (χ2v) is 2.11. The fourth-order valence-electron chi connectivity index (χ4n) is 0.559. The monoisotopic (exact) mass is 132 g/mol. The van der Waals surface area contributed by atoms with E-state index < -0.39 is 0 Å². The summed E-state index contributed by atoms with van der Waals surface area (Å²) in [5, 5.41) is 7.02. The van der Waals surface area contributed by atoms with Gasteiger partial charge in [0.1, 0.15) is 0 Å². The Morgan fingerprint density at radius 3 is 2.88 bits per heavy atom. The van der Waals surface area contributed by atoms with Gasteiger partial charge in [0.2, 0.25) is 0 Å². The molecule has 1 heterocycles. The quantitative estimate of drug-likeness (QED) is 0.470. The van der Waals surface area contributed by atoms with Crippen LogP contribution >= 0.6 is 12.8 Å². The predicted octanol–water partition coefficient (Wildman–Crippen LogP) is 0.488. The minimum atomic E-state index is 0.166. The summed E-state index contributed by atoms with van der Waals surface area (Å²) >= 11 is 3.94. The molecule has 3 nitrogen and oxygen atoms in total. The molecule has 0 unspecified atom stereocenters. The highest BCUT2D eigenvalue weighted by molar-refractivity contribution is 7.78. The average Bonchev–Trinajstić information content (AvgIpc) is 1.77. The summed E-state index contributed by atoms with van der Waals surface area (Å²) in [6, 6.07) is 0.166. The van der Waals surface area contributed by atoms with Crippen molar-refractivity contribution in [1.29, 1.82) is 5.41 Å². The summed E-state index contributed by atoms with van der Waals surface area (Å²) in [5.74, 6) is 0. The van der Waals surface area contributed by atoms with Crippen molar-refractivity contribution in [2.45, 2.75) is 6.42 Å². The lowest BCUT2D eigenvalue weighted by atomic mass is 10.4. The van der Waals surface area contributed by atoms with E-state index in [1.807, 2.05) is 0 Å². The number of rotatable bonds is 0. The molecule has 4 heteroatoms. The topological polar surface area (TPSA) is 36.3 Å². The third-order valence-corrected chi connectivity index (χ3v) is 1.37. The van der Waals surface area contributed by atoms with Gasteiger partial charge in [0.05, 0.1) is 6.61 Å². The summed E-state index contributed by atoms with van der Waals surface area (Å²) in [7, 11) is 0. The van der Waals surface area contributed by atoms with Crippen LogP contribution in [0.25, 0.3) is 0 Å². The van der Waals surface area contributed by atoms with Gasteiger partial charge >= 0.3 is 0 Å². The number of hydrogen-bond acceptors (Lipinski definition) is 3. The van der Waals surface area contributed by atoms with E-state index in [9.17, 15) is 0 Å². The number of nitrogens with one attached hydrogen (secondary N) is 1. The standard InChI is InChI=1S/C4H8N2OS/c5-4-6(8)2-1-3-7-4/h5,8H,1-3H2. The molecule has 0 radical (unpaired) electrons. The van der Waals surface area contributed by atoms with Crippen molar-refractivity contribution in [1.82, 2.24) is 4.31 Å². The number of thiol groups is 1. The van der Waals surface area contributed by atoms with Crippen LogP contribution in [-0.4, -0.2) is 23.5 Å². The molecule has 0 aliphatic carbocycles. The molecule has 8 heavy (non-hydrogen) atoms. The largest absolute Gasteiger partial charge is 0.465 e. The highest BCUT2D eigenvalue weighted by Gasteiger charge is 2.10. The lowest BCUT2D eigenvalue weighted by Gasteiger charge is -2.22. The molecule has 0 amide bonds. The first-order chi connectivity index (χ1) is 3.80. The van der Waals surface area contributed by atoms with Crippen molar-refractivity contribution in [3.63, 3.8) is 0 Å². The molecule has 1 N–H and O–H groups in total. The zero-order chi connectivity index (χ0) is 5.98. The minimum Gasteiger partial charge on any atom is -0.465 e. The van der Waals surface area contributed by atoms with Gasteiger partial charge in [0.15, 0.2) is 0 Å². The van der Waals surface area contributed by atoms with E-state index in [4.69, 9.17) is 10.1 Å². The molecule has 1 rings (SSSR count). The first-order valence-electron chi connectivity index (χ1n) is 2.48. The van der Waals surface area contributed by atoms with E-state index in [1.54, 1.807) is 0 Å². The van der Waals surface area contributed by atoms with Gasteiger partial charge < -0.3 is 4.74 Å². The zero-order valence-electron chi connectivity index (χ0n) is 4.42. The maximum absolute atomic E-state index is 7.02. The Morgan fingerprint density at radius 2 is 2.50 bits per heavy atom. The number of hydrogen-bond donors (Lipinski definition) is 2. The highest BCUT2D eigenvalue weighted by atomic mass is 32.1.